The van der Waals surface area contributed by atoms with Gasteiger partial charge in [0.2, 0.25) is 0 Å². The van der Waals surface area contributed by atoms with Crippen LogP contribution < -0.4 is 4.74 Å². The molecule has 0 fully saturated rings. The SMILES string of the molecule is Cc1cc(Br)cc(Br)c1OCC(=O)N(CCC#N)Cc1ccccc1. The molecule has 0 aromatic heterocycles. The van der Waals surface area contributed by atoms with E-state index in [1.165, 1.54) is 0 Å². The summed E-state index contributed by atoms with van der Waals surface area (Å²) in [6, 6.07) is 15.6. The Morgan fingerprint density at radius 2 is 1.96 bits per heavy atom. The third kappa shape index (κ3) is 5.87. The van der Waals surface area contributed by atoms with Gasteiger partial charge in [-0.05, 0) is 46.1 Å². The molecule has 2 aromatic rings. The second-order valence-electron chi connectivity index (χ2n) is 5.53. The Bertz CT molecular complexity index is 750. The van der Waals surface area contributed by atoms with E-state index in [2.05, 4.69) is 37.9 Å². The number of amides is 1. The van der Waals surface area contributed by atoms with Crippen LogP contribution in [0.15, 0.2) is 51.4 Å². The second-order valence-corrected chi connectivity index (χ2v) is 7.30. The predicted octanol–water partition coefficient (Wildman–Crippen LogP) is 4.84. The Morgan fingerprint density at radius 1 is 1.24 bits per heavy atom. The molecule has 0 saturated carbocycles. The summed E-state index contributed by atoms with van der Waals surface area (Å²) in [6.07, 6.45) is 0.291. The van der Waals surface area contributed by atoms with Gasteiger partial charge in [-0.2, -0.15) is 5.26 Å². The number of nitrogens with zero attached hydrogens (tertiary/aromatic N) is 2. The van der Waals surface area contributed by atoms with Crippen LogP contribution in [0.25, 0.3) is 0 Å². The molecule has 2 rings (SSSR count). The number of nitriles is 1. The van der Waals surface area contributed by atoms with Crippen molar-refractivity contribution in [1.29, 1.82) is 5.26 Å². The van der Waals surface area contributed by atoms with Crippen LogP contribution in [-0.2, 0) is 11.3 Å². The summed E-state index contributed by atoms with van der Waals surface area (Å²) in [6.45, 7) is 2.70. The fourth-order valence-corrected chi connectivity index (χ4v) is 3.93. The molecule has 25 heavy (non-hydrogen) atoms. The maximum absolute atomic E-state index is 12.6. The molecule has 130 valence electrons. The zero-order valence-electron chi connectivity index (χ0n) is 13.8. The first kappa shape index (κ1) is 19.5. The van der Waals surface area contributed by atoms with Crippen molar-refractivity contribution in [3.05, 3.63) is 62.5 Å². The zero-order chi connectivity index (χ0) is 18.2. The zero-order valence-corrected chi connectivity index (χ0v) is 17.0. The van der Waals surface area contributed by atoms with Gasteiger partial charge in [-0.1, -0.05) is 46.3 Å². The number of carbonyl (C=O) groups is 1. The fourth-order valence-electron chi connectivity index (χ4n) is 2.38. The van der Waals surface area contributed by atoms with Gasteiger partial charge in [0.25, 0.3) is 5.91 Å². The highest BCUT2D eigenvalue weighted by molar-refractivity contribution is 9.11. The lowest BCUT2D eigenvalue weighted by Gasteiger charge is -2.22. The van der Waals surface area contributed by atoms with E-state index in [1.54, 1.807) is 4.90 Å². The molecular formula is C19H18Br2N2O2. The van der Waals surface area contributed by atoms with Gasteiger partial charge in [0.15, 0.2) is 6.61 Å². The average molecular weight is 466 g/mol. The Kier molecular flexibility index (Phi) is 7.48. The van der Waals surface area contributed by atoms with Crippen LogP contribution >= 0.6 is 31.9 Å². The van der Waals surface area contributed by atoms with E-state index < -0.39 is 0 Å². The van der Waals surface area contributed by atoms with Crippen molar-refractivity contribution in [2.75, 3.05) is 13.2 Å². The van der Waals surface area contributed by atoms with Crippen LogP contribution in [0.4, 0.5) is 0 Å². The van der Waals surface area contributed by atoms with Gasteiger partial charge in [-0.3, -0.25) is 4.79 Å². The Labute approximate surface area is 164 Å². The average Bonchev–Trinajstić information content (AvgIpc) is 2.58. The van der Waals surface area contributed by atoms with E-state index >= 15 is 0 Å². The largest absolute Gasteiger partial charge is 0.482 e. The molecule has 0 aliphatic rings. The molecular weight excluding hydrogens is 448 g/mol. The molecule has 0 heterocycles. The lowest BCUT2D eigenvalue weighted by Crippen LogP contribution is -2.35. The fraction of sp³-hybridized carbons (Fsp3) is 0.263. The first-order valence-corrected chi connectivity index (χ1v) is 9.37. The van der Waals surface area contributed by atoms with Gasteiger partial charge < -0.3 is 9.64 Å². The van der Waals surface area contributed by atoms with E-state index in [0.717, 1.165) is 20.1 Å². The highest BCUT2D eigenvalue weighted by Gasteiger charge is 2.16. The maximum Gasteiger partial charge on any atom is 0.260 e. The van der Waals surface area contributed by atoms with Crippen LogP contribution in [0.3, 0.4) is 0 Å². The third-order valence-corrected chi connectivity index (χ3v) is 4.64. The molecule has 0 spiro atoms. The molecule has 2 aromatic carbocycles. The van der Waals surface area contributed by atoms with E-state index in [-0.39, 0.29) is 12.5 Å². The Morgan fingerprint density at radius 3 is 2.60 bits per heavy atom. The molecule has 0 N–H and O–H groups in total. The van der Waals surface area contributed by atoms with Crippen molar-refractivity contribution in [2.24, 2.45) is 0 Å². The monoisotopic (exact) mass is 464 g/mol. The second kappa shape index (κ2) is 9.59. The van der Waals surface area contributed by atoms with Gasteiger partial charge >= 0.3 is 0 Å². The van der Waals surface area contributed by atoms with E-state index in [1.807, 2.05) is 49.4 Å². The van der Waals surface area contributed by atoms with Crippen molar-refractivity contribution in [2.45, 2.75) is 19.9 Å². The summed E-state index contributed by atoms with van der Waals surface area (Å²) in [4.78, 5) is 14.2. The minimum Gasteiger partial charge on any atom is -0.482 e. The number of carbonyl (C=O) groups excluding carboxylic acids is 1. The summed E-state index contributed by atoms with van der Waals surface area (Å²) in [7, 11) is 0. The molecule has 0 atom stereocenters. The van der Waals surface area contributed by atoms with Crippen LogP contribution in [0.1, 0.15) is 17.5 Å². The molecule has 1 amide bonds. The van der Waals surface area contributed by atoms with Gasteiger partial charge in [0.05, 0.1) is 17.0 Å². The minimum atomic E-state index is -0.145. The third-order valence-electron chi connectivity index (χ3n) is 3.60. The molecule has 4 nitrogen and oxygen atoms in total. The Hall–Kier alpha value is -1.84. The highest BCUT2D eigenvalue weighted by atomic mass is 79.9. The topological polar surface area (TPSA) is 53.3 Å². The highest BCUT2D eigenvalue weighted by Crippen LogP contribution is 2.32. The van der Waals surface area contributed by atoms with Gasteiger partial charge in [0.1, 0.15) is 5.75 Å². The number of hydrogen-bond donors (Lipinski definition) is 0. The number of aryl methyl sites for hydroxylation is 1. The van der Waals surface area contributed by atoms with Gasteiger partial charge in [0, 0.05) is 17.6 Å². The lowest BCUT2D eigenvalue weighted by molar-refractivity contribution is -0.134. The number of hydrogen-bond acceptors (Lipinski definition) is 3. The van der Waals surface area contributed by atoms with Crippen LogP contribution in [0.2, 0.25) is 0 Å². The summed E-state index contributed by atoms with van der Waals surface area (Å²) in [5.41, 5.74) is 1.95. The first-order chi connectivity index (χ1) is 12.0. The molecule has 6 heteroatoms. The molecule has 0 radical (unpaired) electrons. The van der Waals surface area contributed by atoms with Gasteiger partial charge in [-0.25, -0.2) is 0 Å². The summed E-state index contributed by atoms with van der Waals surface area (Å²) >= 11 is 6.88. The summed E-state index contributed by atoms with van der Waals surface area (Å²) in [5, 5.41) is 8.84. The lowest BCUT2D eigenvalue weighted by atomic mass is 10.2. The summed E-state index contributed by atoms with van der Waals surface area (Å²) in [5.74, 6) is 0.504. The summed E-state index contributed by atoms with van der Waals surface area (Å²) < 4.78 is 7.47. The van der Waals surface area contributed by atoms with Crippen LogP contribution in [-0.4, -0.2) is 24.0 Å². The van der Waals surface area contributed by atoms with Crippen molar-refractivity contribution >= 4 is 37.8 Å². The standard InChI is InChI=1S/C19H18Br2N2O2/c1-14-10-16(20)11-17(21)19(14)25-13-18(24)23(9-5-8-22)12-15-6-3-2-4-7-15/h2-4,6-7,10-11H,5,9,12-13H2,1H3. The van der Waals surface area contributed by atoms with Gasteiger partial charge in [-0.15, -0.1) is 0 Å². The smallest absolute Gasteiger partial charge is 0.260 e. The predicted molar refractivity (Wildman–Crippen MR) is 104 cm³/mol. The number of rotatable bonds is 7. The first-order valence-electron chi connectivity index (χ1n) is 7.78. The van der Waals surface area contributed by atoms with E-state index in [0.29, 0.717) is 25.3 Å². The minimum absolute atomic E-state index is 0.0701. The van der Waals surface area contributed by atoms with E-state index in [9.17, 15) is 4.79 Å². The quantitative estimate of drug-likeness (QED) is 0.587. The van der Waals surface area contributed by atoms with Crippen molar-refractivity contribution < 1.29 is 9.53 Å². The number of ether oxygens (including phenoxy) is 1. The molecule has 0 aliphatic heterocycles. The molecule has 0 saturated heterocycles. The normalized spacial score (nSPS) is 10.2. The number of benzene rings is 2. The van der Waals surface area contributed by atoms with Crippen LogP contribution in [0.5, 0.6) is 5.75 Å². The van der Waals surface area contributed by atoms with Crippen molar-refractivity contribution in [1.82, 2.24) is 4.90 Å². The Balaban J connectivity index is 2.05. The maximum atomic E-state index is 12.6. The van der Waals surface area contributed by atoms with Crippen LogP contribution in [0, 0.1) is 18.3 Å². The van der Waals surface area contributed by atoms with Crippen molar-refractivity contribution in [3.63, 3.8) is 0 Å². The van der Waals surface area contributed by atoms with Crippen molar-refractivity contribution in [3.8, 4) is 11.8 Å². The molecule has 0 unspecified atom stereocenters. The molecule has 0 bridgehead atoms. The number of halogens is 2. The van der Waals surface area contributed by atoms with E-state index in [4.69, 9.17) is 10.00 Å². The molecule has 0 aliphatic carbocycles.